The smallest absolute Gasteiger partial charge is 0.490 e. The molecule has 0 saturated heterocycles. The molecule has 666 valence electrons. The van der Waals surface area contributed by atoms with Crippen molar-refractivity contribution in [3.63, 3.8) is 0 Å². The van der Waals surface area contributed by atoms with Crippen LogP contribution in [0.3, 0.4) is 0 Å². The van der Waals surface area contributed by atoms with Gasteiger partial charge in [0.1, 0.15) is 82.9 Å². The molecule has 7 N–H and O–H groups in total. The van der Waals surface area contributed by atoms with Crippen molar-refractivity contribution in [3.05, 3.63) is 269 Å². The first-order valence-electron chi connectivity index (χ1n) is 43.5. The summed E-state index contributed by atoms with van der Waals surface area (Å²) < 4.78 is 13.6. The van der Waals surface area contributed by atoms with Gasteiger partial charge in [0.2, 0.25) is 0 Å². The summed E-state index contributed by atoms with van der Waals surface area (Å²) in [6.45, 7) is 5.38. The highest BCUT2D eigenvalue weighted by atomic mass is 79.9. The van der Waals surface area contributed by atoms with Gasteiger partial charge in [-0.15, -0.1) is 88.1 Å². The van der Waals surface area contributed by atoms with Gasteiger partial charge in [0.15, 0.2) is 23.3 Å². The van der Waals surface area contributed by atoms with Crippen LogP contribution in [0.2, 0.25) is 0 Å². The van der Waals surface area contributed by atoms with Crippen molar-refractivity contribution < 1.29 is 39.1 Å². The highest BCUT2D eigenvalue weighted by Gasteiger charge is 2.28. The summed E-state index contributed by atoms with van der Waals surface area (Å²) in [6.07, 6.45) is 31.0. The largest absolute Gasteiger partial charge is 0.508 e. The Morgan fingerprint density at radius 2 is 0.738 bits per heavy atom. The van der Waals surface area contributed by atoms with Crippen molar-refractivity contribution in [1.29, 1.82) is 0 Å². The Kier molecular flexibility index (Phi) is 32.7. The summed E-state index contributed by atoms with van der Waals surface area (Å²) in [6, 6.07) is 52.8. The molecule has 0 atom stereocenters. The third kappa shape index (κ3) is 25.5. The van der Waals surface area contributed by atoms with Gasteiger partial charge in [-0.3, -0.25) is 29.1 Å². The second-order valence-corrected chi connectivity index (χ2v) is 38.6. The molecule has 130 heavy (non-hydrogen) atoms. The van der Waals surface area contributed by atoms with Crippen LogP contribution < -0.4 is 31.5 Å². The van der Waals surface area contributed by atoms with E-state index in [1.807, 2.05) is 116 Å². The lowest BCUT2D eigenvalue weighted by molar-refractivity contribution is 0.101. The molecule has 6 aliphatic rings. The van der Waals surface area contributed by atoms with Crippen LogP contribution in [0, 0.1) is 6.92 Å². The first-order chi connectivity index (χ1) is 62.9. The third-order valence-electron chi connectivity index (χ3n) is 22.7. The Bertz CT molecular complexity index is 6030. The number of aromatic nitrogens is 18. The van der Waals surface area contributed by atoms with Gasteiger partial charge in [0.05, 0.1) is 7.11 Å². The molecular formula is C95H101B2Br3N22O8. The van der Waals surface area contributed by atoms with Gasteiger partial charge < -0.3 is 59.4 Å². The molecule has 4 amide bonds. The number of hydrogen-bond acceptors (Lipinski definition) is 22. The van der Waals surface area contributed by atoms with Gasteiger partial charge in [0.25, 0.3) is 23.6 Å². The van der Waals surface area contributed by atoms with E-state index < -0.39 is 7.12 Å². The van der Waals surface area contributed by atoms with Crippen molar-refractivity contribution in [2.75, 3.05) is 28.4 Å². The van der Waals surface area contributed by atoms with E-state index in [4.69, 9.17) is 14.8 Å². The number of pyridine rings is 6. The average Bonchev–Trinajstić information content (AvgIpc) is 1.19. The van der Waals surface area contributed by atoms with E-state index in [9.17, 15) is 24.3 Å². The number of phenolic OH excluding ortho intramolecular Hbond substituents is 1. The fourth-order valence-electron chi connectivity index (χ4n) is 15.6. The molecule has 2 saturated carbocycles. The highest BCUT2D eigenvalue weighted by Crippen LogP contribution is 2.40. The van der Waals surface area contributed by atoms with E-state index in [0.29, 0.717) is 97.4 Å². The van der Waals surface area contributed by atoms with Crippen LogP contribution >= 0.6 is 47.3 Å². The Morgan fingerprint density at radius 3 is 1.10 bits per heavy atom. The monoisotopic (exact) mass is 1940 g/mol. The molecule has 2 fully saturated rings. The molecule has 35 heteroatoms. The minimum Gasteiger partial charge on any atom is -0.508 e. The van der Waals surface area contributed by atoms with Gasteiger partial charge in [0, 0.05) is 95.1 Å². The Morgan fingerprint density at radius 1 is 0.392 bits per heavy atom. The lowest BCUT2D eigenvalue weighted by atomic mass is 9.81. The van der Waals surface area contributed by atoms with Crippen molar-refractivity contribution in [2.45, 2.75) is 181 Å². The Hall–Kier alpha value is -12.7. The van der Waals surface area contributed by atoms with Crippen LogP contribution in [-0.2, 0) is 51.9 Å². The number of ether oxygens (including phenoxy) is 1. The quantitative estimate of drug-likeness (QED) is 0.0787. The summed E-state index contributed by atoms with van der Waals surface area (Å²) in [5.41, 5.74) is 15.2. The zero-order valence-corrected chi connectivity index (χ0v) is 76.2. The molecule has 0 radical (unpaired) electrons. The molecule has 10 aromatic heterocycles. The number of carbonyl (C=O) groups is 4. The highest BCUT2D eigenvalue weighted by molar-refractivity contribution is 9.69. The van der Waals surface area contributed by atoms with Crippen LogP contribution in [0.1, 0.15) is 203 Å². The molecule has 20 rings (SSSR count). The molecule has 14 aromatic rings. The number of methoxy groups -OCH3 is 1. The first-order valence-corrected chi connectivity index (χ1v) is 46.2. The number of carbonyl (C=O) groups excluding carboxylic acids is 4. The number of phenols is 1. The minimum atomic E-state index is -1.40. The molecule has 2 aliphatic carbocycles. The van der Waals surface area contributed by atoms with Crippen molar-refractivity contribution in [1.82, 2.24) is 89.0 Å². The number of fused-ring (bicyclic) bond motifs is 20. The zero-order chi connectivity index (χ0) is 89.5. The van der Waals surface area contributed by atoms with Crippen molar-refractivity contribution in [3.8, 4) is 68.7 Å². The molecule has 4 aromatic carbocycles. The van der Waals surface area contributed by atoms with Gasteiger partial charge >= 0.3 is 10.3 Å². The maximum atomic E-state index is 13.4. The number of halogens is 3. The summed E-state index contributed by atoms with van der Waals surface area (Å²) >= 11 is 9.31. The SMILES string of the molecule is BrB(Br)Br.C.COc1ccc2c(c1)C(=O)Nc1cccc(n1)-c1nncn1CCCCC2.Cc1ccc2c(c1)C(=O)Nc1cccc(n1)-c1nncn1CCCCC2.O=C1Nc2cccc(n2)-c2nncn2CCCCCc2ccc(-c3ccc(C4CC4)nc3)cc21.O=C1Nc2cccc(n2)-c2nncn2CCCCCc2ccc(O)cc21.OB(O)c1ccc(C2CC2)nc1. The number of aryl methyl sites for hydroxylation is 9. The minimum absolute atomic E-state index is 0. The van der Waals surface area contributed by atoms with Crippen LogP contribution in [0.4, 0.5) is 23.3 Å². The summed E-state index contributed by atoms with van der Waals surface area (Å²) in [7, 11) is 0.204. The van der Waals surface area contributed by atoms with Crippen LogP contribution in [0.5, 0.6) is 11.5 Å². The Labute approximate surface area is 779 Å². The normalized spacial score (nSPS) is 14.8. The van der Waals surface area contributed by atoms with E-state index in [1.165, 1.54) is 43.6 Å². The number of aromatic hydroxyl groups is 1. The fraction of sp³-hybridized carbons (Fsp3) is 0.305. The molecule has 14 heterocycles. The van der Waals surface area contributed by atoms with Crippen molar-refractivity contribution >= 4 is 110 Å². The van der Waals surface area contributed by atoms with Gasteiger partial charge in [-0.2, -0.15) is 0 Å². The van der Waals surface area contributed by atoms with Crippen LogP contribution in [0.25, 0.3) is 57.2 Å². The number of rotatable bonds is 5. The van der Waals surface area contributed by atoms with E-state index in [1.54, 1.807) is 74.9 Å². The number of hydrogen-bond donors (Lipinski definition) is 7. The molecular weight excluding hydrogens is 1840 g/mol. The molecule has 8 bridgehead atoms. The lowest BCUT2D eigenvalue weighted by Gasteiger charge is -2.14. The number of benzene rings is 4. The summed E-state index contributed by atoms with van der Waals surface area (Å²) in [5, 5.41) is 72.0. The first kappa shape index (κ1) is 93.5. The maximum absolute atomic E-state index is 13.4. The van der Waals surface area contributed by atoms with Crippen LogP contribution in [0.15, 0.2) is 208 Å². The predicted molar refractivity (Wildman–Crippen MR) is 514 cm³/mol. The second-order valence-electron chi connectivity index (χ2n) is 32.1. The Balaban J connectivity index is 0.000000132. The van der Waals surface area contributed by atoms with E-state index >= 15 is 0 Å². The second kappa shape index (κ2) is 45.5. The van der Waals surface area contributed by atoms with E-state index in [-0.39, 0.29) is 40.0 Å². The number of nitrogens with one attached hydrogen (secondary N) is 4. The molecule has 0 unspecified atom stereocenters. The number of nitrogens with zero attached hydrogens (tertiary/aromatic N) is 18. The van der Waals surface area contributed by atoms with E-state index in [2.05, 4.69) is 176 Å². The van der Waals surface area contributed by atoms with Gasteiger partial charge in [-0.25, -0.2) is 19.9 Å². The van der Waals surface area contributed by atoms with Gasteiger partial charge in [-0.1, -0.05) is 111 Å². The van der Waals surface area contributed by atoms with Gasteiger partial charge in [-0.05, 0) is 235 Å². The van der Waals surface area contributed by atoms with Crippen LogP contribution in [-0.4, -0.2) is 145 Å². The topological polar surface area (TPSA) is 386 Å². The van der Waals surface area contributed by atoms with E-state index in [0.717, 1.165) is 191 Å². The fourth-order valence-corrected chi connectivity index (χ4v) is 15.6. The summed E-state index contributed by atoms with van der Waals surface area (Å²) in [5.74, 6) is 6.06. The zero-order valence-electron chi connectivity index (χ0n) is 71.5. The summed E-state index contributed by atoms with van der Waals surface area (Å²) in [4.78, 5) is 79.0. The predicted octanol–water partition coefficient (Wildman–Crippen LogP) is 17.7. The number of anilines is 4. The maximum Gasteiger partial charge on any atom is 0.490 e. The standard InChI is InChI=1S/C27H26N6O.C20H21N5O2.C20H21N5O.C19H19N5O2.C8H10BNO2.CH4.BBr3/c34-27-22-15-20(21-12-13-23(28-16-21)19-9-10-19)11-8-18(22)5-2-1-3-14-33-17-29-32-26(33)24-6-4-7-25(30-24)31-27;1-27-15-10-9-14-6-3-2-4-11-25-13-21-24-19(25)17-7-5-8-18(22-17)23-20(26)16(14)12-15;1-14-9-10-15-6-3-2-4-11-25-13-21-24-19(25)17-7-5-8-18(22-17)23-20(26)16(15)12-14;25-14-9-8-13-5-2-1-3-10-24-12-20-23-18(24)16-6-4-7-17(21-16)22-19(26)15(13)11-14;11-9(12)7-3-4-8(10-5-7)6-1-2-6;;2-1(3)4/h4,6-8,11-13,15-17,19H,1-3,5,9-10,14H2,(H,30,31,34);5,7-10,12-13H,2-4,6,11H2,1H3,(H,22,23,26);5,7-10,12-13H,2-4,6,11H2,1H3,(H,22,23,26);4,6-9,11-12,25H,1-3,5,10H2,(H,21,22,26);3-6,11-12H,1-2H2;1H4;. The van der Waals surface area contributed by atoms with Crippen molar-refractivity contribution in [2.24, 2.45) is 0 Å². The number of amides is 4. The average molecular weight is 1940 g/mol. The molecule has 30 nitrogen and oxygen atoms in total. The lowest BCUT2D eigenvalue weighted by Crippen LogP contribution is -2.30. The third-order valence-corrected chi connectivity index (χ3v) is 22.7. The molecule has 4 aliphatic heterocycles. The molecule has 0 spiro atoms.